The molecule has 0 fully saturated rings. The molecule has 108 valence electrons. The van der Waals surface area contributed by atoms with Gasteiger partial charge < -0.3 is 10.1 Å². The molecule has 0 aliphatic carbocycles. The summed E-state index contributed by atoms with van der Waals surface area (Å²) in [6.45, 7) is 7.25. The molecule has 1 aromatic carbocycles. The van der Waals surface area contributed by atoms with Crippen LogP contribution >= 0.6 is 0 Å². The van der Waals surface area contributed by atoms with Crippen LogP contribution in [0.5, 0.6) is 11.5 Å². The van der Waals surface area contributed by atoms with E-state index in [4.69, 9.17) is 4.74 Å². The number of aryl methyl sites for hydroxylation is 2. The van der Waals surface area contributed by atoms with Crippen LogP contribution in [0.1, 0.15) is 23.9 Å². The van der Waals surface area contributed by atoms with Crippen LogP contribution in [-0.4, -0.2) is 16.3 Å². The Morgan fingerprint density at radius 1 is 1.35 bits per heavy atom. The van der Waals surface area contributed by atoms with Gasteiger partial charge in [0, 0.05) is 19.2 Å². The number of hydrogen-bond donors (Lipinski definition) is 1. The Balaban J connectivity index is 2.32. The minimum Gasteiger partial charge on any atom is -0.453 e. The van der Waals surface area contributed by atoms with E-state index in [1.807, 2.05) is 27.8 Å². The lowest BCUT2D eigenvalue weighted by Gasteiger charge is -2.12. The molecule has 0 atom stereocenters. The highest BCUT2D eigenvalue weighted by Crippen LogP contribution is 2.30. The summed E-state index contributed by atoms with van der Waals surface area (Å²) in [5.41, 5.74) is 2.57. The van der Waals surface area contributed by atoms with Gasteiger partial charge in [-0.2, -0.15) is 5.10 Å². The molecule has 0 aliphatic heterocycles. The first-order valence-corrected chi connectivity index (χ1v) is 6.70. The molecule has 20 heavy (non-hydrogen) atoms. The summed E-state index contributed by atoms with van der Waals surface area (Å²) in [7, 11) is 1.87. The van der Waals surface area contributed by atoms with E-state index in [1.54, 1.807) is 10.7 Å². The van der Waals surface area contributed by atoms with Crippen LogP contribution in [0.25, 0.3) is 0 Å². The summed E-state index contributed by atoms with van der Waals surface area (Å²) < 4.78 is 21.1. The molecule has 1 aromatic heterocycles. The first-order valence-electron chi connectivity index (χ1n) is 6.70. The number of nitrogens with zero attached hydrogens (tertiary/aromatic N) is 2. The molecule has 0 saturated carbocycles. The third-order valence-corrected chi connectivity index (χ3v) is 3.24. The molecule has 0 radical (unpaired) electrons. The van der Waals surface area contributed by atoms with E-state index < -0.39 is 0 Å². The molecule has 0 aliphatic rings. The van der Waals surface area contributed by atoms with Crippen molar-refractivity contribution in [2.45, 2.75) is 27.3 Å². The third-order valence-electron chi connectivity index (χ3n) is 3.24. The Labute approximate surface area is 118 Å². The molecule has 5 heteroatoms. The van der Waals surface area contributed by atoms with E-state index in [0.29, 0.717) is 12.3 Å². The Bertz CT molecular complexity index is 607. The van der Waals surface area contributed by atoms with Crippen molar-refractivity contribution in [3.8, 4) is 11.5 Å². The summed E-state index contributed by atoms with van der Waals surface area (Å²) >= 11 is 0. The van der Waals surface area contributed by atoms with Crippen molar-refractivity contribution in [2.24, 2.45) is 7.05 Å². The minimum absolute atomic E-state index is 0.259. The highest BCUT2D eigenvalue weighted by Gasteiger charge is 2.14. The van der Waals surface area contributed by atoms with Gasteiger partial charge in [-0.1, -0.05) is 6.92 Å². The number of halogens is 1. The highest BCUT2D eigenvalue weighted by atomic mass is 19.1. The van der Waals surface area contributed by atoms with Crippen LogP contribution in [0, 0.1) is 19.7 Å². The van der Waals surface area contributed by atoms with Crippen LogP contribution < -0.4 is 10.1 Å². The Morgan fingerprint density at radius 2 is 2.10 bits per heavy atom. The molecule has 0 amide bonds. The van der Waals surface area contributed by atoms with Gasteiger partial charge in [-0.15, -0.1) is 0 Å². The molecular formula is C15H20FN3O. The van der Waals surface area contributed by atoms with Crippen molar-refractivity contribution in [2.75, 3.05) is 6.54 Å². The number of ether oxygens (including phenoxy) is 1. The molecular weight excluding hydrogens is 257 g/mol. The fraction of sp³-hybridized carbons (Fsp3) is 0.400. The number of nitrogens with one attached hydrogen (secondary N) is 1. The van der Waals surface area contributed by atoms with Gasteiger partial charge in [0.1, 0.15) is 17.3 Å². The van der Waals surface area contributed by atoms with E-state index in [0.717, 1.165) is 29.2 Å². The van der Waals surface area contributed by atoms with Gasteiger partial charge in [-0.3, -0.25) is 4.68 Å². The van der Waals surface area contributed by atoms with E-state index in [1.165, 1.54) is 12.1 Å². The van der Waals surface area contributed by atoms with Gasteiger partial charge in [0.05, 0.1) is 5.69 Å². The van der Waals surface area contributed by atoms with Crippen molar-refractivity contribution >= 4 is 0 Å². The monoisotopic (exact) mass is 277 g/mol. The highest BCUT2D eigenvalue weighted by molar-refractivity contribution is 5.41. The van der Waals surface area contributed by atoms with Crippen LogP contribution in [0.15, 0.2) is 18.2 Å². The van der Waals surface area contributed by atoms with E-state index >= 15 is 0 Å². The van der Waals surface area contributed by atoms with E-state index in [2.05, 4.69) is 10.4 Å². The Morgan fingerprint density at radius 3 is 2.70 bits per heavy atom. The lowest BCUT2D eigenvalue weighted by atomic mass is 10.2. The van der Waals surface area contributed by atoms with Gasteiger partial charge in [0.25, 0.3) is 0 Å². The van der Waals surface area contributed by atoms with Crippen molar-refractivity contribution in [3.63, 3.8) is 0 Å². The second-order valence-corrected chi connectivity index (χ2v) is 4.76. The molecule has 2 aromatic rings. The number of aromatic nitrogens is 2. The number of hydrogen-bond acceptors (Lipinski definition) is 3. The maximum absolute atomic E-state index is 13.4. The first-order chi connectivity index (χ1) is 9.52. The van der Waals surface area contributed by atoms with Crippen LogP contribution in [0.2, 0.25) is 0 Å². The molecule has 2 rings (SSSR count). The lowest BCUT2D eigenvalue weighted by molar-refractivity contribution is 0.463. The molecule has 1 heterocycles. The second kappa shape index (κ2) is 6.05. The summed E-state index contributed by atoms with van der Waals surface area (Å²) in [6, 6.07) is 4.57. The third kappa shape index (κ3) is 2.99. The van der Waals surface area contributed by atoms with E-state index in [-0.39, 0.29) is 5.82 Å². The fourth-order valence-electron chi connectivity index (χ4n) is 2.06. The largest absolute Gasteiger partial charge is 0.453 e. The zero-order valence-electron chi connectivity index (χ0n) is 12.3. The average molecular weight is 277 g/mol. The van der Waals surface area contributed by atoms with Gasteiger partial charge >= 0.3 is 0 Å². The SMILES string of the molecule is CCNCc1cc(F)ccc1Oc1c(C)nn(C)c1C. The van der Waals surface area contributed by atoms with Gasteiger partial charge in [0.15, 0.2) is 5.75 Å². The topological polar surface area (TPSA) is 39.1 Å². The first kappa shape index (κ1) is 14.5. The van der Waals surface area contributed by atoms with Crippen molar-refractivity contribution < 1.29 is 9.13 Å². The summed E-state index contributed by atoms with van der Waals surface area (Å²) in [5.74, 6) is 1.13. The van der Waals surface area contributed by atoms with Crippen molar-refractivity contribution in [3.05, 3.63) is 41.0 Å². The van der Waals surface area contributed by atoms with Crippen LogP contribution in [0.3, 0.4) is 0 Å². The lowest BCUT2D eigenvalue weighted by Crippen LogP contribution is -2.12. The van der Waals surface area contributed by atoms with Crippen LogP contribution in [-0.2, 0) is 13.6 Å². The standard InChI is InChI=1S/C15H20FN3O/c1-5-17-9-12-8-13(16)6-7-14(12)20-15-10(2)18-19(4)11(15)3/h6-8,17H,5,9H2,1-4H3. The molecule has 0 spiro atoms. The van der Waals surface area contributed by atoms with Gasteiger partial charge in [0.2, 0.25) is 0 Å². The normalized spacial score (nSPS) is 10.8. The molecule has 0 unspecified atom stereocenters. The fourth-order valence-corrected chi connectivity index (χ4v) is 2.06. The zero-order chi connectivity index (χ0) is 14.7. The summed E-state index contributed by atoms with van der Waals surface area (Å²) in [6.07, 6.45) is 0. The number of benzene rings is 1. The summed E-state index contributed by atoms with van der Waals surface area (Å²) in [4.78, 5) is 0. The van der Waals surface area contributed by atoms with Crippen LogP contribution in [0.4, 0.5) is 4.39 Å². The Hall–Kier alpha value is -1.88. The predicted octanol–water partition coefficient (Wildman–Crippen LogP) is 3.08. The molecule has 0 saturated heterocycles. The molecule has 1 N–H and O–H groups in total. The summed E-state index contributed by atoms with van der Waals surface area (Å²) in [5, 5.41) is 7.50. The molecule has 4 nitrogen and oxygen atoms in total. The van der Waals surface area contributed by atoms with E-state index in [9.17, 15) is 4.39 Å². The quantitative estimate of drug-likeness (QED) is 0.913. The van der Waals surface area contributed by atoms with Crippen molar-refractivity contribution in [1.29, 1.82) is 0 Å². The Kier molecular flexibility index (Phi) is 4.39. The average Bonchev–Trinajstić information content (AvgIpc) is 2.65. The predicted molar refractivity (Wildman–Crippen MR) is 76.5 cm³/mol. The van der Waals surface area contributed by atoms with Crippen molar-refractivity contribution in [1.82, 2.24) is 15.1 Å². The maximum atomic E-state index is 13.4. The molecule has 0 bridgehead atoms. The van der Waals surface area contributed by atoms with Gasteiger partial charge in [-0.25, -0.2) is 4.39 Å². The zero-order valence-corrected chi connectivity index (χ0v) is 12.3. The number of rotatable bonds is 5. The van der Waals surface area contributed by atoms with Gasteiger partial charge in [-0.05, 0) is 38.6 Å². The maximum Gasteiger partial charge on any atom is 0.171 e. The smallest absolute Gasteiger partial charge is 0.171 e. The minimum atomic E-state index is -0.259. The second-order valence-electron chi connectivity index (χ2n) is 4.76.